The van der Waals surface area contributed by atoms with Crippen molar-refractivity contribution in [1.29, 1.82) is 0 Å². The lowest BCUT2D eigenvalue weighted by Gasteiger charge is -2.26. The highest BCUT2D eigenvalue weighted by Gasteiger charge is 2.43. The molecule has 0 radical (unpaired) electrons. The molecule has 106 valence electrons. The van der Waals surface area contributed by atoms with Crippen LogP contribution in [0.25, 0.3) is 0 Å². The molecule has 0 aromatic rings. The molecule has 0 spiro atoms. The van der Waals surface area contributed by atoms with Gasteiger partial charge in [-0.2, -0.15) is 0 Å². The van der Waals surface area contributed by atoms with E-state index >= 15 is 0 Å². The topological polar surface area (TPSA) is 40.2 Å². The van der Waals surface area contributed by atoms with Gasteiger partial charge in [0.15, 0.2) is 0 Å². The summed E-state index contributed by atoms with van der Waals surface area (Å²) in [5.41, 5.74) is 0. The fraction of sp³-hybridized carbons (Fsp3) is 1.00. The zero-order valence-electron chi connectivity index (χ0n) is 11.8. The molecule has 0 N–H and O–H groups in total. The van der Waals surface area contributed by atoms with Gasteiger partial charge in [-0.25, -0.2) is 0 Å². The summed E-state index contributed by atoms with van der Waals surface area (Å²) in [6, 6.07) is 1.05. The van der Waals surface area contributed by atoms with E-state index in [0.717, 1.165) is 12.0 Å². The Kier molecular flexibility index (Phi) is 5.21. The summed E-state index contributed by atoms with van der Waals surface area (Å²) < 4.78 is 21.8. The summed E-state index contributed by atoms with van der Waals surface area (Å²) in [7, 11) is 1.41. The van der Waals surface area contributed by atoms with Crippen LogP contribution in [0.2, 0.25) is 12.6 Å². The molecule has 4 nitrogen and oxygen atoms in total. The third kappa shape index (κ3) is 4.03. The van der Waals surface area contributed by atoms with E-state index in [1.54, 1.807) is 14.2 Å². The maximum atomic E-state index is 5.72. The molecule has 5 heteroatoms. The lowest BCUT2D eigenvalue weighted by Crippen LogP contribution is -2.38. The lowest BCUT2D eigenvalue weighted by molar-refractivity contribution is 0.0236. The molecule has 0 aromatic heterocycles. The monoisotopic (exact) mass is 274 g/mol. The first-order chi connectivity index (χ1) is 8.67. The smallest absolute Gasteiger partial charge is 0.336 e. The van der Waals surface area contributed by atoms with Gasteiger partial charge < -0.3 is 18.3 Å². The molecule has 0 bridgehead atoms. The first-order valence-electron chi connectivity index (χ1n) is 7.00. The van der Waals surface area contributed by atoms with Crippen molar-refractivity contribution in [1.82, 2.24) is 0 Å². The fourth-order valence-electron chi connectivity index (χ4n) is 2.88. The van der Waals surface area contributed by atoms with Gasteiger partial charge in [0.1, 0.15) is 6.79 Å². The van der Waals surface area contributed by atoms with Crippen molar-refractivity contribution in [2.45, 2.75) is 56.9 Å². The average Bonchev–Trinajstić information content (AvgIpc) is 3.15. The van der Waals surface area contributed by atoms with E-state index in [1.807, 2.05) is 0 Å². The fourth-order valence-corrected chi connectivity index (χ4v) is 4.56. The van der Waals surface area contributed by atoms with E-state index in [9.17, 15) is 0 Å². The molecule has 0 amide bonds. The van der Waals surface area contributed by atoms with Crippen molar-refractivity contribution in [3.05, 3.63) is 0 Å². The highest BCUT2D eigenvalue weighted by molar-refractivity contribution is 6.65. The van der Waals surface area contributed by atoms with Crippen molar-refractivity contribution in [3.63, 3.8) is 0 Å². The van der Waals surface area contributed by atoms with E-state index in [2.05, 4.69) is 6.55 Å². The third-order valence-electron chi connectivity index (χ3n) is 4.27. The number of hydrogen-bond donors (Lipinski definition) is 0. The van der Waals surface area contributed by atoms with Gasteiger partial charge in [-0.15, -0.1) is 0 Å². The van der Waals surface area contributed by atoms with Gasteiger partial charge in [0.2, 0.25) is 0 Å². The minimum atomic E-state index is -1.99. The zero-order valence-corrected chi connectivity index (χ0v) is 12.8. The predicted octanol–water partition coefficient (Wildman–Crippen LogP) is 2.67. The Balaban J connectivity index is 1.63. The normalized spacial score (nSPS) is 33.8. The lowest BCUT2D eigenvalue weighted by atomic mass is 9.86. The number of methoxy groups -OCH3 is 1. The zero-order chi connectivity index (χ0) is 13.0. The molecule has 1 saturated heterocycles. The van der Waals surface area contributed by atoms with Crippen LogP contribution in [0.4, 0.5) is 0 Å². The van der Waals surface area contributed by atoms with Crippen molar-refractivity contribution >= 4 is 8.56 Å². The van der Waals surface area contributed by atoms with Gasteiger partial charge in [0.25, 0.3) is 0 Å². The van der Waals surface area contributed by atoms with Crippen molar-refractivity contribution in [2.24, 2.45) is 5.92 Å². The van der Waals surface area contributed by atoms with Crippen LogP contribution in [0, 0.1) is 5.92 Å². The Labute approximate surface area is 111 Å². The Morgan fingerprint density at radius 1 is 1.22 bits per heavy atom. The van der Waals surface area contributed by atoms with Crippen LogP contribution in [0.3, 0.4) is 0 Å². The van der Waals surface area contributed by atoms with Gasteiger partial charge >= 0.3 is 8.56 Å². The second-order valence-electron chi connectivity index (χ2n) is 5.67. The molecule has 2 rings (SSSR count). The van der Waals surface area contributed by atoms with Gasteiger partial charge in [-0.05, 0) is 37.8 Å². The maximum Gasteiger partial charge on any atom is 0.336 e. The second-order valence-corrected chi connectivity index (χ2v) is 9.14. The first kappa shape index (κ1) is 14.5. The van der Waals surface area contributed by atoms with Gasteiger partial charge in [0, 0.05) is 14.2 Å². The molecule has 0 aromatic carbocycles. The minimum Gasteiger partial charge on any atom is -0.398 e. The van der Waals surface area contributed by atoms with Crippen LogP contribution in [-0.4, -0.2) is 41.8 Å². The molecule has 1 aliphatic heterocycles. The van der Waals surface area contributed by atoms with Crippen LogP contribution < -0.4 is 0 Å². The van der Waals surface area contributed by atoms with E-state index in [1.165, 1.54) is 32.1 Å². The van der Waals surface area contributed by atoms with E-state index < -0.39 is 8.56 Å². The van der Waals surface area contributed by atoms with Crippen LogP contribution in [-0.2, 0) is 18.3 Å². The number of ether oxygens (including phenoxy) is 2. The SMILES string of the molecule is COCO[Si](C)(CCCC1CCC2OC2C1)OC. The quantitative estimate of drug-likeness (QED) is 0.387. The number of hydrogen-bond acceptors (Lipinski definition) is 4. The summed E-state index contributed by atoms with van der Waals surface area (Å²) in [4.78, 5) is 0. The van der Waals surface area contributed by atoms with Crippen molar-refractivity contribution in [2.75, 3.05) is 21.0 Å². The largest absolute Gasteiger partial charge is 0.398 e. The van der Waals surface area contributed by atoms with Crippen LogP contribution in [0.5, 0.6) is 0 Å². The number of epoxide rings is 1. The maximum absolute atomic E-state index is 5.72. The van der Waals surface area contributed by atoms with Crippen molar-refractivity contribution < 1.29 is 18.3 Å². The molecule has 4 unspecified atom stereocenters. The number of rotatable bonds is 8. The molecule has 1 heterocycles. The summed E-state index contributed by atoms with van der Waals surface area (Å²) in [5, 5.41) is 0. The Hall–Kier alpha value is 0.0569. The van der Waals surface area contributed by atoms with Crippen LogP contribution >= 0.6 is 0 Å². The molecule has 4 atom stereocenters. The highest BCUT2D eigenvalue weighted by Crippen LogP contribution is 2.41. The first-order valence-corrected chi connectivity index (χ1v) is 9.53. The standard InChI is InChI=1S/C13H26O4Si/c1-14-10-16-18(3,15-2)8-4-5-11-6-7-12-13(9-11)17-12/h11-13H,4-10H2,1-3H3. The number of fused-ring (bicyclic) bond motifs is 1. The Morgan fingerprint density at radius 3 is 2.72 bits per heavy atom. The Morgan fingerprint density at radius 2 is 2.06 bits per heavy atom. The molecular formula is C13H26O4Si. The minimum absolute atomic E-state index is 0.345. The average molecular weight is 274 g/mol. The molecule has 1 saturated carbocycles. The third-order valence-corrected chi connectivity index (χ3v) is 7.12. The van der Waals surface area contributed by atoms with E-state index in [-0.39, 0.29) is 0 Å². The molecule has 1 aliphatic carbocycles. The molecule has 2 aliphatic rings. The Bertz CT molecular complexity index is 263. The predicted molar refractivity (Wildman–Crippen MR) is 71.6 cm³/mol. The van der Waals surface area contributed by atoms with Crippen molar-refractivity contribution in [3.8, 4) is 0 Å². The summed E-state index contributed by atoms with van der Waals surface area (Å²) in [5.74, 6) is 0.853. The molecule has 2 fully saturated rings. The summed E-state index contributed by atoms with van der Waals surface area (Å²) >= 11 is 0. The van der Waals surface area contributed by atoms with E-state index in [0.29, 0.717) is 19.0 Å². The van der Waals surface area contributed by atoms with Crippen LogP contribution in [0.15, 0.2) is 0 Å². The van der Waals surface area contributed by atoms with Crippen LogP contribution in [0.1, 0.15) is 32.1 Å². The van der Waals surface area contributed by atoms with Gasteiger partial charge in [-0.1, -0.05) is 12.8 Å². The van der Waals surface area contributed by atoms with Gasteiger partial charge in [-0.3, -0.25) is 0 Å². The molecule has 18 heavy (non-hydrogen) atoms. The molecular weight excluding hydrogens is 248 g/mol. The van der Waals surface area contributed by atoms with E-state index in [4.69, 9.17) is 18.3 Å². The van der Waals surface area contributed by atoms with Gasteiger partial charge in [0.05, 0.1) is 12.2 Å². The summed E-state index contributed by atoms with van der Waals surface area (Å²) in [6.07, 6.45) is 7.58. The highest BCUT2D eigenvalue weighted by atomic mass is 28.4. The summed E-state index contributed by atoms with van der Waals surface area (Å²) in [6.45, 7) is 2.46. The second kappa shape index (κ2) is 6.48.